The molecule has 0 saturated carbocycles. The molecular weight excluding hydrogens is 192 g/mol. The van der Waals surface area contributed by atoms with Gasteiger partial charge in [0.15, 0.2) is 5.66 Å². The molecule has 0 radical (unpaired) electrons. The van der Waals surface area contributed by atoms with Crippen molar-refractivity contribution < 1.29 is 9.53 Å². The van der Waals surface area contributed by atoms with Crippen LogP contribution in [-0.4, -0.2) is 17.7 Å². The van der Waals surface area contributed by atoms with E-state index in [0.29, 0.717) is 19.3 Å². The monoisotopic (exact) mass is 208 g/mol. The van der Waals surface area contributed by atoms with Crippen LogP contribution in [0.4, 0.5) is 0 Å². The standard InChI is InChI=1S/C11H16N2O2/c1-4-5-7-11(12-13-11)8-6-10(14)15-9(2)3/h1,9H,5-8H2,2-3H3. The van der Waals surface area contributed by atoms with Crippen LogP contribution in [0.1, 0.15) is 39.5 Å². The lowest BCUT2D eigenvalue weighted by molar-refractivity contribution is -0.147. The van der Waals surface area contributed by atoms with Crippen LogP contribution in [0.3, 0.4) is 0 Å². The van der Waals surface area contributed by atoms with Crippen LogP contribution < -0.4 is 0 Å². The fourth-order valence-electron chi connectivity index (χ4n) is 1.29. The van der Waals surface area contributed by atoms with Gasteiger partial charge in [-0.3, -0.25) is 4.79 Å². The van der Waals surface area contributed by atoms with Crippen molar-refractivity contribution in [2.24, 2.45) is 10.2 Å². The number of nitrogens with zero attached hydrogens (tertiary/aromatic N) is 2. The maximum absolute atomic E-state index is 11.3. The highest BCUT2D eigenvalue weighted by Gasteiger charge is 2.39. The van der Waals surface area contributed by atoms with Crippen molar-refractivity contribution >= 4 is 5.97 Å². The zero-order valence-electron chi connectivity index (χ0n) is 9.19. The maximum atomic E-state index is 11.3. The first kappa shape index (κ1) is 11.7. The second-order valence-electron chi connectivity index (χ2n) is 3.93. The Morgan fingerprint density at radius 3 is 2.60 bits per heavy atom. The average Bonchev–Trinajstić information content (AvgIpc) is 2.92. The minimum absolute atomic E-state index is 0.0627. The van der Waals surface area contributed by atoms with Crippen LogP contribution in [0.25, 0.3) is 0 Å². The molecule has 0 unspecified atom stereocenters. The highest BCUT2D eigenvalue weighted by Crippen LogP contribution is 2.37. The maximum Gasteiger partial charge on any atom is 0.306 e. The van der Waals surface area contributed by atoms with Crippen LogP contribution in [-0.2, 0) is 9.53 Å². The lowest BCUT2D eigenvalue weighted by atomic mass is 10.0. The number of carbonyl (C=O) groups is 1. The zero-order chi connectivity index (χ0) is 11.3. The van der Waals surface area contributed by atoms with Gasteiger partial charge in [-0.15, -0.1) is 12.3 Å². The molecular formula is C11H16N2O2. The smallest absolute Gasteiger partial charge is 0.306 e. The van der Waals surface area contributed by atoms with E-state index in [1.807, 2.05) is 13.8 Å². The van der Waals surface area contributed by atoms with E-state index >= 15 is 0 Å². The molecule has 0 fully saturated rings. The molecule has 4 heteroatoms. The lowest BCUT2D eigenvalue weighted by Gasteiger charge is -2.10. The van der Waals surface area contributed by atoms with Gasteiger partial charge in [0.1, 0.15) is 0 Å². The summed E-state index contributed by atoms with van der Waals surface area (Å²) in [6.45, 7) is 3.66. The summed E-state index contributed by atoms with van der Waals surface area (Å²) in [6, 6.07) is 0. The molecule has 0 N–H and O–H groups in total. The molecule has 0 aromatic carbocycles. The number of carbonyl (C=O) groups excluding carboxylic acids is 1. The van der Waals surface area contributed by atoms with Gasteiger partial charge in [-0.05, 0) is 13.8 Å². The Morgan fingerprint density at radius 1 is 1.47 bits per heavy atom. The fourth-order valence-corrected chi connectivity index (χ4v) is 1.29. The molecule has 0 aromatic heterocycles. The van der Waals surface area contributed by atoms with Gasteiger partial charge in [0.25, 0.3) is 0 Å². The van der Waals surface area contributed by atoms with Crippen molar-refractivity contribution in [2.75, 3.05) is 0 Å². The lowest BCUT2D eigenvalue weighted by Crippen LogP contribution is -2.16. The first-order valence-corrected chi connectivity index (χ1v) is 5.15. The van der Waals surface area contributed by atoms with E-state index < -0.39 is 0 Å². The van der Waals surface area contributed by atoms with Gasteiger partial charge in [0.2, 0.25) is 0 Å². The fraction of sp³-hybridized carbons (Fsp3) is 0.727. The van der Waals surface area contributed by atoms with Crippen LogP contribution in [0.15, 0.2) is 10.2 Å². The summed E-state index contributed by atoms with van der Waals surface area (Å²) in [6.07, 6.45) is 7.45. The third-order valence-corrected chi connectivity index (χ3v) is 2.15. The molecule has 0 aromatic rings. The summed E-state index contributed by atoms with van der Waals surface area (Å²) in [5, 5.41) is 7.89. The van der Waals surface area contributed by atoms with E-state index in [2.05, 4.69) is 16.1 Å². The predicted molar refractivity (Wildman–Crippen MR) is 56.1 cm³/mol. The Balaban J connectivity index is 2.20. The second kappa shape index (κ2) is 4.92. The van der Waals surface area contributed by atoms with E-state index in [4.69, 9.17) is 11.2 Å². The summed E-state index contributed by atoms with van der Waals surface area (Å²) in [5.74, 6) is 2.36. The van der Waals surface area contributed by atoms with Crippen LogP contribution in [0.5, 0.6) is 0 Å². The third kappa shape index (κ3) is 4.11. The Hall–Kier alpha value is -1.37. The number of ether oxygens (including phenoxy) is 1. The number of hydrogen-bond donors (Lipinski definition) is 0. The molecule has 0 atom stereocenters. The van der Waals surface area contributed by atoms with Crippen LogP contribution in [0.2, 0.25) is 0 Å². The van der Waals surface area contributed by atoms with Crippen molar-refractivity contribution in [3.05, 3.63) is 0 Å². The van der Waals surface area contributed by atoms with Crippen molar-refractivity contribution in [3.8, 4) is 12.3 Å². The van der Waals surface area contributed by atoms with Gasteiger partial charge in [0, 0.05) is 25.7 Å². The molecule has 0 aliphatic carbocycles. The molecule has 0 bridgehead atoms. The van der Waals surface area contributed by atoms with E-state index in [1.54, 1.807) is 0 Å². The van der Waals surface area contributed by atoms with Crippen molar-refractivity contribution in [3.63, 3.8) is 0 Å². The van der Waals surface area contributed by atoms with Gasteiger partial charge >= 0.3 is 5.97 Å². The molecule has 15 heavy (non-hydrogen) atoms. The largest absolute Gasteiger partial charge is 0.463 e. The number of terminal acetylenes is 1. The minimum Gasteiger partial charge on any atom is -0.463 e. The molecule has 82 valence electrons. The second-order valence-corrected chi connectivity index (χ2v) is 3.93. The Labute approximate surface area is 90.1 Å². The highest BCUT2D eigenvalue weighted by atomic mass is 16.5. The molecule has 0 spiro atoms. The summed E-state index contributed by atoms with van der Waals surface area (Å²) in [7, 11) is 0. The normalized spacial score (nSPS) is 16.1. The van der Waals surface area contributed by atoms with E-state index in [0.717, 1.165) is 6.42 Å². The molecule has 4 nitrogen and oxygen atoms in total. The predicted octanol–water partition coefficient (Wildman–Crippen LogP) is 2.29. The van der Waals surface area contributed by atoms with Gasteiger partial charge in [-0.1, -0.05) is 0 Å². The third-order valence-electron chi connectivity index (χ3n) is 2.15. The first-order chi connectivity index (χ1) is 7.08. The summed E-state index contributed by atoms with van der Waals surface area (Å²) < 4.78 is 5.02. The van der Waals surface area contributed by atoms with E-state index in [9.17, 15) is 4.79 Å². The van der Waals surface area contributed by atoms with Gasteiger partial charge in [-0.25, -0.2) is 0 Å². The molecule has 1 heterocycles. The zero-order valence-corrected chi connectivity index (χ0v) is 9.19. The van der Waals surface area contributed by atoms with Crippen molar-refractivity contribution in [2.45, 2.75) is 51.3 Å². The molecule has 1 rings (SSSR count). The van der Waals surface area contributed by atoms with Gasteiger partial charge in [0.05, 0.1) is 6.10 Å². The Kier molecular flexibility index (Phi) is 3.84. The molecule has 0 amide bonds. The topological polar surface area (TPSA) is 51.0 Å². The van der Waals surface area contributed by atoms with Gasteiger partial charge in [-0.2, -0.15) is 10.2 Å². The minimum atomic E-state index is -0.373. The van der Waals surface area contributed by atoms with Crippen LogP contribution in [0, 0.1) is 12.3 Å². The average molecular weight is 208 g/mol. The van der Waals surface area contributed by atoms with Gasteiger partial charge < -0.3 is 4.74 Å². The Morgan fingerprint density at radius 2 is 2.13 bits per heavy atom. The van der Waals surface area contributed by atoms with Crippen molar-refractivity contribution in [1.29, 1.82) is 0 Å². The Bertz CT molecular complexity index is 296. The van der Waals surface area contributed by atoms with E-state index in [1.165, 1.54) is 0 Å². The van der Waals surface area contributed by atoms with Crippen LogP contribution >= 0.6 is 0 Å². The number of hydrogen-bond acceptors (Lipinski definition) is 4. The number of rotatable bonds is 6. The summed E-state index contributed by atoms with van der Waals surface area (Å²) in [4.78, 5) is 11.3. The molecule has 0 saturated heterocycles. The first-order valence-electron chi connectivity index (χ1n) is 5.15. The molecule has 1 aliphatic heterocycles. The van der Waals surface area contributed by atoms with E-state index in [-0.39, 0.29) is 17.7 Å². The number of esters is 1. The summed E-state index contributed by atoms with van der Waals surface area (Å²) in [5.41, 5.74) is -0.373. The SMILES string of the molecule is C#CCCC1(CCC(=O)OC(C)C)N=N1. The van der Waals surface area contributed by atoms with Crippen molar-refractivity contribution in [1.82, 2.24) is 0 Å². The molecule has 1 aliphatic rings. The quantitative estimate of drug-likeness (QED) is 0.496. The summed E-state index contributed by atoms with van der Waals surface area (Å²) >= 11 is 0. The highest BCUT2D eigenvalue weighted by molar-refractivity contribution is 5.69.